The van der Waals surface area contributed by atoms with Gasteiger partial charge in [0.25, 0.3) is 0 Å². The van der Waals surface area contributed by atoms with Gasteiger partial charge >= 0.3 is 0 Å². The van der Waals surface area contributed by atoms with Gasteiger partial charge in [0.1, 0.15) is 5.82 Å². The van der Waals surface area contributed by atoms with Crippen molar-refractivity contribution in [2.75, 3.05) is 5.73 Å². The SMILES string of the molecule is Cc1ccc2c(c1)nc(C)n2Cc1ccc(N)cc1. The summed E-state index contributed by atoms with van der Waals surface area (Å²) in [6.07, 6.45) is 0. The molecule has 2 aromatic carbocycles. The van der Waals surface area contributed by atoms with Crippen LogP contribution >= 0.6 is 0 Å². The predicted molar refractivity (Wildman–Crippen MR) is 79.2 cm³/mol. The van der Waals surface area contributed by atoms with Gasteiger partial charge in [0.15, 0.2) is 0 Å². The number of nitrogens with two attached hydrogens (primary N) is 1. The van der Waals surface area contributed by atoms with Crippen molar-refractivity contribution in [2.24, 2.45) is 0 Å². The summed E-state index contributed by atoms with van der Waals surface area (Å²) in [5, 5.41) is 0. The number of aromatic nitrogens is 2. The molecule has 0 radical (unpaired) electrons. The number of aryl methyl sites for hydroxylation is 2. The van der Waals surface area contributed by atoms with Gasteiger partial charge in [0, 0.05) is 12.2 Å². The molecule has 0 aliphatic heterocycles. The molecule has 19 heavy (non-hydrogen) atoms. The summed E-state index contributed by atoms with van der Waals surface area (Å²) in [4.78, 5) is 4.63. The highest BCUT2D eigenvalue weighted by Crippen LogP contribution is 2.19. The van der Waals surface area contributed by atoms with Crippen LogP contribution < -0.4 is 5.73 Å². The Morgan fingerprint density at radius 1 is 1.05 bits per heavy atom. The number of benzene rings is 2. The fourth-order valence-electron chi connectivity index (χ4n) is 2.37. The molecule has 0 atom stereocenters. The molecular formula is C16H17N3. The highest BCUT2D eigenvalue weighted by atomic mass is 15.1. The zero-order chi connectivity index (χ0) is 13.4. The number of fused-ring (bicyclic) bond motifs is 1. The van der Waals surface area contributed by atoms with Gasteiger partial charge in [-0.15, -0.1) is 0 Å². The van der Waals surface area contributed by atoms with E-state index in [0.717, 1.165) is 23.6 Å². The number of anilines is 1. The lowest BCUT2D eigenvalue weighted by atomic mass is 10.2. The lowest BCUT2D eigenvalue weighted by molar-refractivity contribution is 0.786. The molecule has 0 saturated carbocycles. The van der Waals surface area contributed by atoms with Gasteiger partial charge in [-0.1, -0.05) is 18.2 Å². The van der Waals surface area contributed by atoms with Crippen LogP contribution in [-0.4, -0.2) is 9.55 Å². The molecular weight excluding hydrogens is 234 g/mol. The molecule has 3 heteroatoms. The topological polar surface area (TPSA) is 43.8 Å². The second kappa shape index (κ2) is 4.43. The van der Waals surface area contributed by atoms with Crippen molar-refractivity contribution in [2.45, 2.75) is 20.4 Å². The Labute approximate surface area is 112 Å². The van der Waals surface area contributed by atoms with Gasteiger partial charge in [-0.25, -0.2) is 4.98 Å². The van der Waals surface area contributed by atoms with Crippen molar-refractivity contribution < 1.29 is 0 Å². The van der Waals surface area contributed by atoms with Gasteiger partial charge in [0.05, 0.1) is 11.0 Å². The fraction of sp³-hybridized carbons (Fsp3) is 0.188. The summed E-state index contributed by atoms with van der Waals surface area (Å²) in [6, 6.07) is 14.4. The first kappa shape index (κ1) is 11.8. The number of hydrogen-bond donors (Lipinski definition) is 1. The van der Waals surface area contributed by atoms with Crippen molar-refractivity contribution in [3.8, 4) is 0 Å². The van der Waals surface area contributed by atoms with Gasteiger partial charge in [0.2, 0.25) is 0 Å². The molecule has 1 heterocycles. The van der Waals surface area contributed by atoms with Crippen molar-refractivity contribution >= 4 is 16.7 Å². The minimum absolute atomic E-state index is 0.798. The van der Waals surface area contributed by atoms with E-state index in [9.17, 15) is 0 Å². The van der Waals surface area contributed by atoms with Crippen LogP contribution in [0.2, 0.25) is 0 Å². The van der Waals surface area contributed by atoms with Gasteiger partial charge in [-0.3, -0.25) is 0 Å². The standard InChI is InChI=1S/C16H17N3/c1-11-3-8-16-15(9-11)18-12(2)19(16)10-13-4-6-14(17)7-5-13/h3-9H,10,17H2,1-2H3. The van der Waals surface area contributed by atoms with Crippen molar-refractivity contribution in [1.82, 2.24) is 9.55 Å². The van der Waals surface area contributed by atoms with E-state index in [-0.39, 0.29) is 0 Å². The summed E-state index contributed by atoms with van der Waals surface area (Å²) in [5.74, 6) is 1.04. The second-order valence-electron chi connectivity index (χ2n) is 4.98. The average Bonchev–Trinajstić information content (AvgIpc) is 2.68. The summed E-state index contributed by atoms with van der Waals surface area (Å²) in [5.41, 5.74) is 11.2. The Balaban J connectivity index is 2.05. The zero-order valence-electron chi connectivity index (χ0n) is 11.2. The molecule has 0 unspecified atom stereocenters. The summed E-state index contributed by atoms with van der Waals surface area (Å²) in [6.45, 7) is 4.96. The van der Waals surface area contributed by atoms with E-state index in [1.165, 1.54) is 16.6 Å². The van der Waals surface area contributed by atoms with Crippen LogP contribution in [0.1, 0.15) is 17.0 Å². The third-order valence-electron chi connectivity index (χ3n) is 3.42. The van der Waals surface area contributed by atoms with E-state index in [1.807, 2.05) is 19.1 Å². The maximum Gasteiger partial charge on any atom is 0.107 e. The Kier molecular flexibility index (Phi) is 2.75. The summed E-state index contributed by atoms with van der Waals surface area (Å²) in [7, 11) is 0. The molecule has 0 fully saturated rings. The monoisotopic (exact) mass is 251 g/mol. The van der Waals surface area contributed by atoms with E-state index in [4.69, 9.17) is 5.73 Å². The molecule has 0 spiro atoms. The molecule has 3 aromatic rings. The van der Waals surface area contributed by atoms with Gasteiger partial charge in [-0.05, 0) is 49.2 Å². The molecule has 96 valence electrons. The molecule has 0 aliphatic carbocycles. The van der Waals surface area contributed by atoms with Crippen LogP contribution in [0.15, 0.2) is 42.5 Å². The van der Waals surface area contributed by atoms with Crippen LogP contribution in [0.4, 0.5) is 5.69 Å². The fourth-order valence-corrected chi connectivity index (χ4v) is 2.37. The van der Waals surface area contributed by atoms with Crippen LogP contribution in [-0.2, 0) is 6.54 Å². The zero-order valence-corrected chi connectivity index (χ0v) is 11.2. The minimum atomic E-state index is 0.798. The minimum Gasteiger partial charge on any atom is -0.399 e. The second-order valence-corrected chi connectivity index (χ2v) is 4.98. The first-order valence-corrected chi connectivity index (χ1v) is 6.41. The van der Waals surface area contributed by atoms with E-state index >= 15 is 0 Å². The summed E-state index contributed by atoms with van der Waals surface area (Å²) >= 11 is 0. The molecule has 1 aromatic heterocycles. The number of imidazole rings is 1. The maximum absolute atomic E-state index is 5.72. The lowest BCUT2D eigenvalue weighted by Gasteiger charge is -2.07. The van der Waals surface area contributed by atoms with Crippen LogP contribution in [0.5, 0.6) is 0 Å². The number of rotatable bonds is 2. The normalized spacial score (nSPS) is 11.1. The van der Waals surface area contributed by atoms with Crippen LogP contribution in [0.3, 0.4) is 0 Å². The maximum atomic E-state index is 5.72. The third-order valence-corrected chi connectivity index (χ3v) is 3.42. The first-order chi connectivity index (χ1) is 9.13. The van der Waals surface area contributed by atoms with Crippen LogP contribution in [0, 0.1) is 13.8 Å². The van der Waals surface area contributed by atoms with E-state index in [2.05, 4.69) is 46.8 Å². The molecule has 0 amide bonds. The van der Waals surface area contributed by atoms with E-state index in [1.54, 1.807) is 0 Å². The molecule has 3 rings (SSSR count). The molecule has 2 N–H and O–H groups in total. The number of hydrogen-bond acceptors (Lipinski definition) is 2. The highest BCUT2D eigenvalue weighted by Gasteiger charge is 2.07. The quantitative estimate of drug-likeness (QED) is 0.710. The largest absolute Gasteiger partial charge is 0.399 e. The van der Waals surface area contributed by atoms with E-state index < -0.39 is 0 Å². The Bertz CT molecular complexity index is 724. The van der Waals surface area contributed by atoms with Crippen molar-refractivity contribution in [3.63, 3.8) is 0 Å². The summed E-state index contributed by atoms with van der Waals surface area (Å²) < 4.78 is 2.24. The molecule has 0 saturated heterocycles. The first-order valence-electron chi connectivity index (χ1n) is 6.41. The van der Waals surface area contributed by atoms with Crippen molar-refractivity contribution in [1.29, 1.82) is 0 Å². The van der Waals surface area contributed by atoms with Crippen LogP contribution in [0.25, 0.3) is 11.0 Å². The highest BCUT2D eigenvalue weighted by molar-refractivity contribution is 5.77. The number of nitrogens with zero attached hydrogens (tertiary/aromatic N) is 2. The number of nitrogen functional groups attached to an aromatic ring is 1. The van der Waals surface area contributed by atoms with E-state index in [0.29, 0.717) is 0 Å². The Morgan fingerprint density at radius 2 is 1.79 bits per heavy atom. The predicted octanol–water partition coefficient (Wildman–Crippen LogP) is 3.28. The molecule has 0 aliphatic rings. The lowest BCUT2D eigenvalue weighted by Crippen LogP contribution is -2.02. The Hall–Kier alpha value is -2.29. The average molecular weight is 251 g/mol. The van der Waals surface area contributed by atoms with Gasteiger partial charge in [-0.2, -0.15) is 0 Å². The molecule has 0 bridgehead atoms. The Morgan fingerprint density at radius 3 is 2.53 bits per heavy atom. The van der Waals surface area contributed by atoms with Crippen molar-refractivity contribution in [3.05, 3.63) is 59.4 Å². The third kappa shape index (κ3) is 2.19. The van der Waals surface area contributed by atoms with Gasteiger partial charge < -0.3 is 10.3 Å². The smallest absolute Gasteiger partial charge is 0.107 e. The molecule has 3 nitrogen and oxygen atoms in total.